The summed E-state index contributed by atoms with van der Waals surface area (Å²) in [6, 6.07) is 7.46. The molecule has 6 atom stereocenters. The van der Waals surface area contributed by atoms with E-state index in [-0.39, 0.29) is 35.5 Å². The summed E-state index contributed by atoms with van der Waals surface area (Å²) in [6.07, 6.45) is 7.12. The van der Waals surface area contributed by atoms with Gasteiger partial charge in [0.15, 0.2) is 0 Å². The Morgan fingerprint density at radius 1 is 1.06 bits per heavy atom. The number of nitrogens with zero attached hydrogens (tertiary/aromatic N) is 3. The van der Waals surface area contributed by atoms with Crippen LogP contribution in [-0.2, 0) is 9.59 Å². The molecule has 0 unspecified atom stereocenters. The molecule has 0 N–H and O–H groups in total. The van der Waals surface area contributed by atoms with Gasteiger partial charge in [0.05, 0.1) is 30.8 Å². The second-order valence-corrected chi connectivity index (χ2v) is 9.80. The smallest absolute Gasteiger partial charge is 0.254 e. The molecule has 3 fully saturated rings. The summed E-state index contributed by atoms with van der Waals surface area (Å²) in [6.45, 7) is 3.96. The first-order chi connectivity index (χ1) is 15.4. The largest absolute Gasteiger partial charge is 0.495 e. The maximum Gasteiger partial charge on any atom is 0.254 e. The van der Waals surface area contributed by atoms with E-state index in [2.05, 4.69) is 17.3 Å². The van der Waals surface area contributed by atoms with Crippen molar-refractivity contribution in [3.05, 3.63) is 58.4 Å². The number of rotatable bonds is 4. The second kappa shape index (κ2) is 6.82. The van der Waals surface area contributed by atoms with Crippen LogP contribution in [0.5, 0.6) is 5.75 Å². The van der Waals surface area contributed by atoms with Crippen LogP contribution in [0.25, 0.3) is 5.69 Å². The molecule has 0 radical (unpaired) electrons. The number of benzene rings is 1. The van der Waals surface area contributed by atoms with Crippen molar-refractivity contribution in [2.24, 2.45) is 40.6 Å². The Bertz CT molecular complexity index is 1190. The minimum Gasteiger partial charge on any atom is -0.495 e. The van der Waals surface area contributed by atoms with Crippen LogP contribution in [0.3, 0.4) is 0 Å². The van der Waals surface area contributed by atoms with Crippen molar-refractivity contribution >= 4 is 29.6 Å². The predicted octanol–water partition coefficient (Wildman–Crippen LogP) is 4.14. The Balaban J connectivity index is 1.32. The van der Waals surface area contributed by atoms with Crippen molar-refractivity contribution in [3.8, 4) is 11.4 Å². The molecule has 2 saturated carbocycles. The summed E-state index contributed by atoms with van der Waals surface area (Å²) in [5.74, 6) is 1.51. The summed E-state index contributed by atoms with van der Waals surface area (Å²) >= 11 is 6.23. The Morgan fingerprint density at radius 2 is 1.72 bits per heavy atom. The lowest BCUT2D eigenvalue weighted by molar-refractivity contribution is -0.140. The number of carbonyl (C=O) groups excluding carboxylic acids is 2. The summed E-state index contributed by atoms with van der Waals surface area (Å²) in [5.41, 5.74) is 3.56. The van der Waals surface area contributed by atoms with Gasteiger partial charge in [0.1, 0.15) is 5.75 Å². The quantitative estimate of drug-likeness (QED) is 0.400. The number of imide groups is 1. The molecular formula is C25H24ClN3O3. The third-order valence-electron chi connectivity index (χ3n) is 7.80. The van der Waals surface area contributed by atoms with Crippen molar-refractivity contribution in [3.63, 3.8) is 0 Å². The van der Waals surface area contributed by atoms with E-state index < -0.39 is 0 Å². The van der Waals surface area contributed by atoms with Crippen LogP contribution >= 0.6 is 11.6 Å². The molecule has 6 nitrogen and oxygen atoms in total. The fourth-order valence-corrected chi connectivity index (χ4v) is 6.47. The van der Waals surface area contributed by atoms with Crippen LogP contribution < -0.4 is 4.74 Å². The highest BCUT2D eigenvalue weighted by Crippen LogP contribution is 2.65. The van der Waals surface area contributed by atoms with E-state index in [0.717, 1.165) is 34.1 Å². The van der Waals surface area contributed by atoms with Gasteiger partial charge >= 0.3 is 0 Å². The summed E-state index contributed by atoms with van der Waals surface area (Å²) in [4.78, 5) is 26.3. The van der Waals surface area contributed by atoms with Gasteiger partial charge in [-0.1, -0.05) is 23.8 Å². The third-order valence-corrected chi connectivity index (χ3v) is 8.04. The van der Waals surface area contributed by atoms with Gasteiger partial charge in [0, 0.05) is 22.0 Å². The number of ether oxygens (including phenoxy) is 1. The number of carbonyl (C=O) groups is 2. The first kappa shape index (κ1) is 19.8. The van der Waals surface area contributed by atoms with E-state index in [1.165, 1.54) is 0 Å². The first-order valence-electron chi connectivity index (χ1n) is 11.0. The molecule has 4 aliphatic carbocycles. The van der Waals surface area contributed by atoms with E-state index in [9.17, 15) is 9.59 Å². The zero-order chi connectivity index (χ0) is 22.3. The molecule has 2 aromatic rings. The number of hydrazone groups is 1. The number of allylic oxidation sites excluding steroid dienone is 2. The van der Waals surface area contributed by atoms with Gasteiger partial charge < -0.3 is 9.30 Å². The number of amides is 2. The van der Waals surface area contributed by atoms with Gasteiger partial charge in [-0.05, 0) is 68.2 Å². The van der Waals surface area contributed by atoms with Gasteiger partial charge in [-0.15, -0.1) is 0 Å². The third kappa shape index (κ3) is 2.62. The first-order valence-corrected chi connectivity index (χ1v) is 11.4. The molecule has 2 heterocycles. The highest BCUT2D eigenvalue weighted by atomic mass is 35.5. The normalized spacial score (nSPS) is 32.1. The Morgan fingerprint density at radius 3 is 2.34 bits per heavy atom. The Hall–Kier alpha value is -2.86. The van der Waals surface area contributed by atoms with Crippen molar-refractivity contribution in [2.75, 3.05) is 7.11 Å². The standard InChI is InChI=1S/C25H24ClN3O3/c1-12-8-14(13(2)28(12)20-9-15(26)4-7-21(20)32-3)11-27-29-24(30)22-16-5-6-17(19-10-18(16)19)23(22)25(29)31/h4-9,11,16-19,22-23H,10H2,1-3H3/b27-11-/t16-,17-,18-,19+,22-,23+/m0/s1. The minimum atomic E-state index is -0.235. The maximum atomic E-state index is 13.1. The molecule has 32 heavy (non-hydrogen) atoms. The van der Waals surface area contributed by atoms with Crippen molar-refractivity contribution < 1.29 is 14.3 Å². The van der Waals surface area contributed by atoms with Crippen LogP contribution in [0.4, 0.5) is 0 Å². The highest BCUT2D eigenvalue weighted by Gasteiger charge is 2.67. The van der Waals surface area contributed by atoms with Gasteiger partial charge in [-0.25, -0.2) is 0 Å². The zero-order valence-electron chi connectivity index (χ0n) is 18.2. The minimum absolute atomic E-state index is 0.147. The summed E-state index contributed by atoms with van der Waals surface area (Å²) in [5, 5.41) is 6.13. The number of hydrogen-bond acceptors (Lipinski definition) is 4. The lowest BCUT2D eigenvalue weighted by Crippen LogP contribution is -2.40. The lowest BCUT2D eigenvalue weighted by Gasteiger charge is -2.37. The van der Waals surface area contributed by atoms with Crippen LogP contribution in [-0.4, -0.2) is 34.7 Å². The molecule has 7 heteroatoms. The molecule has 7 rings (SSSR count). The van der Waals surface area contributed by atoms with Gasteiger partial charge in [-0.3, -0.25) is 9.59 Å². The number of aromatic nitrogens is 1. The fraction of sp³-hybridized carbons (Fsp3) is 0.400. The van der Waals surface area contributed by atoms with Crippen molar-refractivity contribution in [1.29, 1.82) is 0 Å². The molecular weight excluding hydrogens is 426 g/mol. The van der Waals surface area contributed by atoms with E-state index in [1.807, 2.05) is 36.6 Å². The number of hydrogen-bond donors (Lipinski definition) is 0. The van der Waals surface area contributed by atoms with Gasteiger partial charge in [0.25, 0.3) is 11.8 Å². The van der Waals surface area contributed by atoms with E-state index >= 15 is 0 Å². The van der Waals surface area contributed by atoms with Crippen molar-refractivity contribution in [1.82, 2.24) is 9.58 Å². The molecule has 0 spiro atoms. The molecule has 2 bridgehead atoms. The summed E-state index contributed by atoms with van der Waals surface area (Å²) < 4.78 is 7.56. The number of halogens is 1. The Kier molecular flexibility index (Phi) is 4.22. The predicted molar refractivity (Wildman–Crippen MR) is 121 cm³/mol. The van der Waals surface area contributed by atoms with E-state index in [1.54, 1.807) is 19.4 Å². The number of aryl methyl sites for hydroxylation is 1. The average molecular weight is 450 g/mol. The van der Waals surface area contributed by atoms with Crippen molar-refractivity contribution in [2.45, 2.75) is 20.3 Å². The maximum absolute atomic E-state index is 13.1. The monoisotopic (exact) mass is 449 g/mol. The molecule has 2 amide bonds. The van der Waals surface area contributed by atoms with E-state index in [0.29, 0.717) is 22.6 Å². The molecule has 1 saturated heterocycles. The van der Waals surface area contributed by atoms with Crippen LogP contribution in [0.15, 0.2) is 41.5 Å². The van der Waals surface area contributed by atoms with Gasteiger partial charge in [-0.2, -0.15) is 10.1 Å². The van der Waals surface area contributed by atoms with Crippen LogP contribution in [0.2, 0.25) is 5.02 Å². The van der Waals surface area contributed by atoms with Gasteiger partial charge in [0.2, 0.25) is 0 Å². The lowest BCUT2D eigenvalue weighted by atomic mass is 9.63. The van der Waals surface area contributed by atoms with Crippen LogP contribution in [0.1, 0.15) is 23.4 Å². The highest BCUT2D eigenvalue weighted by molar-refractivity contribution is 6.30. The number of methoxy groups -OCH3 is 1. The topological polar surface area (TPSA) is 63.9 Å². The zero-order valence-corrected chi connectivity index (χ0v) is 18.9. The molecule has 5 aliphatic rings. The Labute approximate surface area is 191 Å². The molecule has 164 valence electrons. The molecule has 1 aliphatic heterocycles. The van der Waals surface area contributed by atoms with E-state index in [4.69, 9.17) is 16.3 Å². The second-order valence-electron chi connectivity index (χ2n) is 9.37. The van der Waals surface area contributed by atoms with Crippen LogP contribution in [0, 0.1) is 49.4 Å². The SMILES string of the molecule is COc1ccc(Cl)cc1-n1c(C)cc(/C=N\N2C(=O)[C@@H]3[C@H]4C=C[C@@H]([C@@H]5C[C@H]45)[C@@H]3C2=O)c1C. The average Bonchev–Trinajstić information content (AvgIpc) is 3.50. The fourth-order valence-electron chi connectivity index (χ4n) is 6.30. The molecule has 1 aromatic carbocycles. The molecule has 1 aromatic heterocycles. The summed E-state index contributed by atoms with van der Waals surface area (Å²) in [7, 11) is 1.62.